The van der Waals surface area contributed by atoms with Gasteiger partial charge in [0.15, 0.2) is 0 Å². The van der Waals surface area contributed by atoms with Crippen LogP contribution in [0.15, 0.2) is 6.07 Å². The van der Waals surface area contributed by atoms with Crippen molar-refractivity contribution in [1.29, 1.82) is 0 Å². The zero-order valence-corrected chi connectivity index (χ0v) is 12.3. The van der Waals surface area contributed by atoms with Crippen LogP contribution in [0.4, 0.5) is 11.6 Å². The van der Waals surface area contributed by atoms with Crippen LogP contribution in [0.25, 0.3) is 0 Å². The lowest BCUT2D eigenvalue weighted by Crippen LogP contribution is -2.36. The van der Waals surface area contributed by atoms with Crippen molar-refractivity contribution in [3.63, 3.8) is 0 Å². The first kappa shape index (κ1) is 14.1. The van der Waals surface area contributed by atoms with Gasteiger partial charge in [0.1, 0.15) is 11.6 Å². The Labute approximate surface area is 121 Å². The lowest BCUT2D eigenvalue weighted by molar-refractivity contribution is 0.314. The fourth-order valence-electron chi connectivity index (χ4n) is 1.76. The van der Waals surface area contributed by atoms with Gasteiger partial charge in [0.25, 0.3) is 0 Å². The van der Waals surface area contributed by atoms with Gasteiger partial charge in [-0.2, -0.15) is 11.8 Å². The van der Waals surface area contributed by atoms with Crippen LogP contribution in [-0.4, -0.2) is 47.6 Å². The normalized spacial score (nSPS) is 16.8. The third-order valence-corrected chi connectivity index (χ3v) is 4.31. The largest absolute Gasteiger partial charge is 0.382 e. The summed E-state index contributed by atoms with van der Waals surface area (Å²) in [6.07, 6.45) is 0. The second-order valence-corrected chi connectivity index (χ2v) is 6.11. The maximum atomic E-state index is 6.04. The van der Waals surface area contributed by atoms with Gasteiger partial charge in [0.2, 0.25) is 0 Å². The third kappa shape index (κ3) is 3.82. The summed E-state index contributed by atoms with van der Waals surface area (Å²) in [7, 11) is 0. The summed E-state index contributed by atoms with van der Waals surface area (Å²) in [6, 6.07) is 1.62. The fraction of sp³-hybridized carbons (Fsp3) is 0.545. The molecule has 0 atom stereocenters. The smallest absolute Gasteiger partial charge is 0.147 e. The molecule has 1 aliphatic rings. The fourth-order valence-corrected chi connectivity index (χ4v) is 3.17. The number of rotatable bonds is 4. The molecule has 0 unspecified atom stereocenters. The molecule has 1 aromatic rings. The molecule has 0 aromatic carbocycles. The summed E-state index contributed by atoms with van der Waals surface area (Å²) < 4.78 is 0. The van der Waals surface area contributed by atoms with Crippen molar-refractivity contribution in [2.45, 2.75) is 0 Å². The van der Waals surface area contributed by atoms with Crippen molar-refractivity contribution in [2.24, 2.45) is 0 Å². The third-order valence-electron chi connectivity index (χ3n) is 2.78. The van der Waals surface area contributed by atoms with Crippen LogP contribution in [0.5, 0.6) is 0 Å². The van der Waals surface area contributed by atoms with E-state index < -0.39 is 0 Å². The van der Waals surface area contributed by atoms with E-state index in [0.29, 0.717) is 21.7 Å². The van der Waals surface area contributed by atoms with Crippen LogP contribution in [0.2, 0.25) is 10.0 Å². The van der Waals surface area contributed by atoms with Crippen molar-refractivity contribution < 1.29 is 0 Å². The molecule has 18 heavy (non-hydrogen) atoms. The van der Waals surface area contributed by atoms with Crippen LogP contribution in [0, 0.1) is 0 Å². The molecule has 7 heteroatoms. The molecule has 100 valence electrons. The minimum atomic E-state index is 0.304. The first-order valence-electron chi connectivity index (χ1n) is 5.82. The van der Waals surface area contributed by atoms with Crippen LogP contribution < -0.4 is 11.1 Å². The Bertz CT molecular complexity index is 410. The minimum Gasteiger partial charge on any atom is -0.382 e. The molecule has 3 N–H and O–H groups in total. The zero-order chi connectivity index (χ0) is 13.0. The Balaban J connectivity index is 1.84. The summed E-state index contributed by atoms with van der Waals surface area (Å²) in [4.78, 5) is 6.56. The summed E-state index contributed by atoms with van der Waals surface area (Å²) in [5, 5.41) is 4.09. The maximum Gasteiger partial charge on any atom is 0.147 e. The van der Waals surface area contributed by atoms with Crippen molar-refractivity contribution in [3.05, 3.63) is 16.1 Å². The van der Waals surface area contributed by atoms with E-state index in [9.17, 15) is 0 Å². The quantitative estimate of drug-likeness (QED) is 0.895. The Morgan fingerprint density at radius 1 is 1.33 bits per heavy atom. The van der Waals surface area contributed by atoms with Gasteiger partial charge in [-0.3, -0.25) is 4.90 Å². The average molecular weight is 307 g/mol. The number of halogens is 2. The molecule has 0 radical (unpaired) electrons. The predicted molar refractivity (Wildman–Crippen MR) is 80.9 cm³/mol. The number of nitrogen functional groups attached to an aromatic ring is 1. The van der Waals surface area contributed by atoms with Gasteiger partial charge in [-0.25, -0.2) is 4.98 Å². The number of nitrogens with two attached hydrogens (primary N) is 1. The van der Waals surface area contributed by atoms with Gasteiger partial charge in [-0.1, -0.05) is 23.2 Å². The molecule has 0 aliphatic carbocycles. The second kappa shape index (κ2) is 6.70. The van der Waals surface area contributed by atoms with E-state index >= 15 is 0 Å². The predicted octanol–water partition coefficient (Wildman–Crippen LogP) is 2.43. The minimum absolute atomic E-state index is 0.304. The van der Waals surface area contributed by atoms with E-state index in [1.807, 2.05) is 11.8 Å². The highest BCUT2D eigenvalue weighted by molar-refractivity contribution is 7.99. The van der Waals surface area contributed by atoms with Gasteiger partial charge in [-0.15, -0.1) is 0 Å². The first-order valence-corrected chi connectivity index (χ1v) is 7.73. The Morgan fingerprint density at radius 3 is 2.78 bits per heavy atom. The molecule has 0 amide bonds. The zero-order valence-electron chi connectivity index (χ0n) is 9.96. The van der Waals surface area contributed by atoms with Crippen molar-refractivity contribution >= 4 is 46.6 Å². The number of aromatic nitrogens is 1. The topological polar surface area (TPSA) is 54.2 Å². The highest BCUT2D eigenvalue weighted by atomic mass is 35.5. The molecule has 0 spiro atoms. The van der Waals surface area contributed by atoms with Crippen molar-refractivity contribution in [1.82, 2.24) is 9.88 Å². The molecule has 1 saturated heterocycles. The summed E-state index contributed by atoms with van der Waals surface area (Å²) in [5.74, 6) is 3.34. The number of hydrogen-bond donors (Lipinski definition) is 2. The van der Waals surface area contributed by atoms with Gasteiger partial charge >= 0.3 is 0 Å². The van der Waals surface area contributed by atoms with Crippen LogP contribution in [0.1, 0.15) is 0 Å². The van der Waals surface area contributed by atoms with E-state index in [2.05, 4.69) is 15.2 Å². The van der Waals surface area contributed by atoms with Gasteiger partial charge in [0.05, 0.1) is 10.0 Å². The Hall–Kier alpha value is -0.360. The summed E-state index contributed by atoms with van der Waals surface area (Å²) in [6.45, 7) is 4.09. The van der Waals surface area contributed by atoms with E-state index in [1.165, 1.54) is 11.5 Å². The number of nitrogens with one attached hydrogen (secondary N) is 1. The number of anilines is 2. The standard InChI is InChI=1S/C11H16Cl2N4S/c12-8-7-9(13)11(16-10(8)14)15-1-2-17-3-5-18-6-4-17/h7H,1-6H2,(H3,14,15,16). The summed E-state index contributed by atoms with van der Waals surface area (Å²) in [5.41, 5.74) is 5.65. The van der Waals surface area contributed by atoms with Gasteiger partial charge < -0.3 is 11.1 Å². The molecule has 1 aromatic heterocycles. The monoisotopic (exact) mass is 306 g/mol. The van der Waals surface area contributed by atoms with E-state index in [-0.39, 0.29) is 0 Å². The van der Waals surface area contributed by atoms with E-state index in [0.717, 1.165) is 26.2 Å². The molecule has 0 bridgehead atoms. The molecule has 4 nitrogen and oxygen atoms in total. The molecular formula is C11H16Cl2N4S. The van der Waals surface area contributed by atoms with Crippen LogP contribution in [0.3, 0.4) is 0 Å². The van der Waals surface area contributed by atoms with Crippen LogP contribution >= 0.6 is 35.0 Å². The maximum absolute atomic E-state index is 6.04. The van der Waals surface area contributed by atoms with E-state index in [4.69, 9.17) is 28.9 Å². The highest BCUT2D eigenvalue weighted by Gasteiger charge is 2.10. The lowest BCUT2D eigenvalue weighted by atomic mass is 10.4. The number of thioether (sulfide) groups is 1. The van der Waals surface area contributed by atoms with Crippen molar-refractivity contribution in [2.75, 3.05) is 48.7 Å². The Morgan fingerprint density at radius 2 is 2.06 bits per heavy atom. The molecule has 2 heterocycles. The van der Waals surface area contributed by atoms with Gasteiger partial charge in [-0.05, 0) is 6.07 Å². The van der Waals surface area contributed by atoms with Gasteiger partial charge in [0, 0.05) is 37.7 Å². The molecule has 1 aliphatic heterocycles. The van der Waals surface area contributed by atoms with E-state index in [1.54, 1.807) is 6.07 Å². The number of hydrogen-bond acceptors (Lipinski definition) is 5. The first-order chi connectivity index (χ1) is 8.66. The molecule has 2 rings (SSSR count). The Kier molecular flexibility index (Phi) is 5.24. The van der Waals surface area contributed by atoms with Crippen molar-refractivity contribution in [3.8, 4) is 0 Å². The van der Waals surface area contributed by atoms with Crippen LogP contribution in [-0.2, 0) is 0 Å². The number of pyridine rings is 1. The average Bonchev–Trinajstić information content (AvgIpc) is 2.37. The SMILES string of the molecule is Nc1nc(NCCN2CCSCC2)c(Cl)cc1Cl. The molecular weight excluding hydrogens is 291 g/mol. The molecule has 0 saturated carbocycles. The summed E-state index contributed by atoms with van der Waals surface area (Å²) >= 11 is 13.9. The highest BCUT2D eigenvalue weighted by Crippen LogP contribution is 2.27. The molecule has 1 fully saturated rings. The number of nitrogens with zero attached hydrogens (tertiary/aromatic N) is 2. The lowest BCUT2D eigenvalue weighted by Gasteiger charge is -2.26. The second-order valence-electron chi connectivity index (χ2n) is 4.07.